The number of nitrogens with zero attached hydrogens (tertiary/aromatic N) is 1. The molecule has 0 fully saturated rings. The van der Waals surface area contributed by atoms with E-state index in [1.807, 2.05) is 0 Å². The summed E-state index contributed by atoms with van der Waals surface area (Å²) in [5, 5.41) is 0. The second kappa shape index (κ2) is 5.18. The number of nitrogens with two attached hydrogens (primary N) is 1. The molecule has 0 radical (unpaired) electrons. The average molecular weight is 256 g/mol. The summed E-state index contributed by atoms with van der Waals surface area (Å²) >= 11 is 0. The number of para-hydroxylation sites is 1. The smallest absolute Gasteiger partial charge is 0.250 e. The van der Waals surface area contributed by atoms with E-state index in [2.05, 4.69) is 0 Å². The van der Waals surface area contributed by atoms with Gasteiger partial charge in [0.15, 0.2) is 0 Å². The fourth-order valence-corrected chi connectivity index (χ4v) is 2.75. The van der Waals surface area contributed by atoms with E-state index in [9.17, 15) is 13.2 Å². The predicted molar refractivity (Wildman–Crippen MR) is 67.4 cm³/mol. The molecule has 0 spiro atoms. The number of anilines is 1. The van der Waals surface area contributed by atoms with Crippen molar-refractivity contribution in [3.8, 4) is 0 Å². The molecule has 5 nitrogen and oxygen atoms in total. The molecular weight excluding hydrogens is 240 g/mol. The summed E-state index contributed by atoms with van der Waals surface area (Å²) in [6, 6.07) is 6.38. The summed E-state index contributed by atoms with van der Waals surface area (Å²) in [5.41, 5.74) is 5.73. The Hall–Kier alpha value is -1.56. The van der Waals surface area contributed by atoms with Crippen LogP contribution in [0.3, 0.4) is 0 Å². The molecule has 1 amide bonds. The van der Waals surface area contributed by atoms with Gasteiger partial charge < -0.3 is 5.73 Å². The molecule has 0 heterocycles. The van der Waals surface area contributed by atoms with Gasteiger partial charge in [0.1, 0.15) is 0 Å². The molecule has 1 rings (SSSR count). The SMILES string of the molecule is CCCS(=O)(=O)N(C)c1ccccc1C(N)=O. The molecule has 0 saturated carbocycles. The maximum atomic E-state index is 11.9. The van der Waals surface area contributed by atoms with Gasteiger partial charge in [-0.1, -0.05) is 19.1 Å². The van der Waals surface area contributed by atoms with Crippen molar-refractivity contribution < 1.29 is 13.2 Å². The third-order valence-corrected chi connectivity index (χ3v) is 4.34. The maximum absolute atomic E-state index is 11.9. The Kier molecular flexibility index (Phi) is 4.11. The van der Waals surface area contributed by atoms with Crippen LogP contribution in [0.2, 0.25) is 0 Å². The van der Waals surface area contributed by atoms with Crippen molar-refractivity contribution in [3.05, 3.63) is 29.8 Å². The standard InChI is InChI=1S/C11H16N2O3S/c1-3-8-17(15,16)13(2)10-7-5-4-6-9(10)11(12)14/h4-7H,3,8H2,1-2H3,(H2,12,14). The Bertz CT molecular complexity index is 511. The second-order valence-electron chi connectivity index (χ2n) is 3.66. The zero-order valence-corrected chi connectivity index (χ0v) is 10.7. The predicted octanol–water partition coefficient (Wildman–Crippen LogP) is 0.962. The van der Waals surface area contributed by atoms with Crippen LogP contribution >= 0.6 is 0 Å². The molecule has 0 atom stereocenters. The number of carbonyl (C=O) groups is 1. The first-order valence-electron chi connectivity index (χ1n) is 5.25. The maximum Gasteiger partial charge on any atom is 0.250 e. The normalized spacial score (nSPS) is 11.2. The van der Waals surface area contributed by atoms with Crippen LogP contribution in [0.4, 0.5) is 5.69 Å². The van der Waals surface area contributed by atoms with Gasteiger partial charge in [-0.2, -0.15) is 0 Å². The van der Waals surface area contributed by atoms with E-state index < -0.39 is 15.9 Å². The summed E-state index contributed by atoms with van der Waals surface area (Å²) in [7, 11) is -1.97. The van der Waals surface area contributed by atoms with Crippen LogP contribution < -0.4 is 10.0 Å². The lowest BCUT2D eigenvalue weighted by atomic mass is 10.2. The van der Waals surface area contributed by atoms with Crippen molar-refractivity contribution in [1.82, 2.24) is 0 Å². The highest BCUT2D eigenvalue weighted by Crippen LogP contribution is 2.21. The number of sulfonamides is 1. The third kappa shape index (κ3) is 2.97. The van der Waals surface area contributed by atoms with Crippen LogP contribution in [0, 0.1) is 0 Å². The third-order valence-electron chi connectivity index (χ3n) is 2.39. The molecule has 0 unspecified atom stereocenters. The molecule has 1 aromatic rings. The topological polar surface area (TPSA) is 80.5 Å². The van der Waals surface area contributed by atoms with Crippen molar-refractivity contribution in [2.24, 2.45) is 5.73 Å². The number of carbonyl (C=O) groups excluding carboxylic acids is 1. The lowest BCUT2D eigenvalue weighted by Crippen LogP contribution is -2.30. The van der Waals surface area contributed by atoms with Gasteiger partial charge in [-0.3, -0.25) is 9.10 Å². The quantitative estimate of drug-likeness (QED) is 0.852. The highest BCUT2D eigenvalue weighted by Gasteiger charge is 2.21. The van der Waals surface area contributed by atoms with Crippen molar-refractivity contribution in [3.63, 3.8) is 0 Å². The lowest BCUT2D eigenvalue weighted by molar-refractivity contribution is 0.100. The van der Waals surface area contributed by atoms with E-state index in [1.54, 1.807) is 25.1 Å². The van der Waals surface area contributed by atoms with Gasteiger partial charge in [0.05, 0.1) is 17.0 Å². The minimum Gasteiger partial charge on any atom is -0.366 e. The van der Waals surface area contributed by atoms with E-state index in [-0.39, 0.29) is 11.3 Å². The van der Waals surface area contributed by atoms with Crippen LogP contribution in [0.1, 0.15) is 23.7 Å². The fourth-order valence-electron chi connectivity index (χ4n) is 1.50. The number of hydrogen-bond donors (Lipinski definition) is 1. The highest BCUT2D eigenvalue weighted by atomic mass is 32.2. The van der Waals surface area contributed by atoms with E-state index >= 15 is 0 Å². The van der Waals surface area contributed by atoms with Crippen molar-refractivity contribution >= 4 is 21.6 Å². The Morgan fingerprint density at radius 1 is 1.35 bits per heavy atom. The minimum atomic E-state index is -3.39. The van der Waals surface area contributed by atoms with Crippen LogP contribution in [0.5, 0.6) is 0 Å². The van der Waals surface area contributed by atoms with Crippen molar-refractivity contribution in [1.29, 1.82) is 0 Å². The first-order valence-corrected chi connectivity index (χ1v) is 6.86. The molecule has 0 aliphatic carbocycles. The summed E-state index contributed by atoms with van der Waals surface area (Å²) in [6.45, 7) is 1.78. The number of rotatable bonds is 5. The van der Waals surface area contributed by atoms with Crippen LogP contribution in [0.15, 0.2) is 24.3 Å². The summed E-state index contributed by atoms with van der Waals surface area (Å²) < 4.78 is 24.9. The largest absolute Gasteiger partial charge is 0.366 e. The molecule has 17 heavy (non-hydrogen) atoms. The Balaban J connectivity index is 3.21. The Morgan fingerprint density at radius 3 is 2.47 bits per heavy atom. The minimum absolute atomic E-state index is 0.0383. The molecule has 0 bridgehead atoms. The van der Waals surface area contributed by atoms with Gasteiger partial charge in [0.25, 0.3) is 5.91 Å². The molecular formula is C11H16N2O3S. The van der Waals surface area contributed by atoms with Crippen LogP contribution in [-0.2, 0) is 10.0 Å². The Morgan fingerprint density at radius 2 is 1.94 bits per heavy atom. The number of benzene rings is 1. The summed E-state index contributed by atoms with van der Waals surface area (Å²) in [5.74, 6) is -0.601. The van der Waals surface area contributed by atoms with Crippen molar-refractivity contribution in [2.75, 3.05) is 17.1 Å². The summed E-state index contributed by atoms with van der Waals surface area (Å²) in [6.07, 6.45) is 0.519. The Labute approximate surface area is 101 Å². The second-order valence-corrected chi connectivity index (χ2v) is 5.78. The zero-order valence-electron chi connectivity index (χ0n) is 9.88. The molecule has 94 valence electrons. The first kappa shape index (κ1) is 13.5. The van der Waals surface area contributed by atoms with Gasteiger partial charge in [-0.25, -0.2) is 8.42 Å². The molecule has 0 aromatic heterocycles. The lowest BCUT2D eigenvalue weighted by Gasteiger charge is -2.20. The zero-order chi connectivity index (χ0) is 13.1. The van der Waals surface area contributed by atoms with Gasteiger partial charge in [0.2, 0.25) is 10.0 Å². The van der Waals surface area contributed by atoms with Gasteiger partial charge in [-0.05, 0) is 18.6 Å². The van der Waals surface area contributed by atoms with Gasteiger partial charge in [-0.15, -0.1) is 0 Å². The molecule has 1 aromatic carbocycles. The summed E-state index contributed by atoms with van der Waals surface area (Å²) in [4.78, 5) is 11.2. The monoisotopic (exact) mass is 256 g/mol. The van der Waals surface area contributed by atoms with Crippen LogP contribution in [-0.4, -0.2) is 27.1 Å². The fraction of sp³-hybridized carbons (Fsp3) is 0.364. The van der Waals surface area contributed by atoms with E-state index in [1.165, 1.54) is 13.1 Å². The highest BCUT2D eigenvalue weighted by molar-refractivity contribution is 7.92. The number of primary amides is 1. The van der Waals surface area contributed by atoms with Gasteiger partial charge in [0, 0.05) is 7.05 Å². The average Bonchev–Trinajstić information content (AvgIpc) is 2.28. The van der Waals surface area contributed by atoms with E-state index in [0.717, 1.165) is 4.31 Å². The van der Waals surface area contributed by atoms with Crippen molar-refractivity contribution in [2.45, 2.75) is 13.3 Å². The molecule has 0 aliphatic heterocycles. The number of amides is 1. The molecule has 0 saturated heterocycles. The number of hydrogen-bond acceptors (Lipinski definition) is 3. The molecule has 6 heteroatoms. The molecule has 0 aliphatic rings. The van der Waals surface area contributed by atoms with E-state index in [0.29, 0.717) is 12.1 Å². The van der Waals surface area contributed by atoms with E-state index in [4.69, 9.17) is 5.73 Å². The van der Waals surface area contributed by atoms with Crippen LogP contribution in [0.25, 0.3) is 0 Å². The van der Waals surface area contributed by atoms with Gasteiger partial charge >= 0.3 is 0 Å². The first-order chi connectivity index (χ1) is 7.90. The molecule has 2 N–H and O–H groups in total.